The monoisotopic (exact) mass is 276 g/mol. The summed E-state index contributed by atoms with van der Waals surface area (Å²) in [6.07, 6.45) is 1.21. The van der Waals surface area contributed by atoms with Gasteiger partial charge in [-0.3, -0.25) is 0 Å². The first kappa shape index (κ1) is 13.7. The Hall–Kier alpha value is -1.26. The molecular weight excluding hydrogens is 252 g/mol. The molecule has 20 heavy (non-hydrogen) atoms. The molecule has 3 rings (SSSR count). The maximum Gasteiger partial charge on any atom is 0.231 e. The lowest BCUT2D eigenvalue weighted by Gasteiger charge is -2.37. The molecule has 2 heterocycles. The summed E-state index contributed by atoms with van der Waals surface area (Å²) in [6, 6.07) is 7.16. The average Bonchev–Trinajstić information content (AvgIpc) is 2.89. The molecule has 2 aliphatic heterocycles. The molecule has 3 atom stereocenters. The van der Waals surface area contributed by atoms with Crippen molar-refractivity contribution in [3.8, 4) is 11.5 Å². The highest BCUT2D eigenvalue weighted by Gasteiger charge is 2.26. The van der Waals surface area contributed by atoms with E-state index in [1.54, 1.807) is 0 Å². The first-order valence-corrected chi connectivity index (χ1v) is 7.47. The van der Waals surface area contributed by atoms with Crippen molar-refractivity contribution in [1.82, 2.24) is 10.2 Å². The van der Waals surface area contributed by atoms with Crippen LogP contribution < -0.4 is 14.8 Å². The van der Waals surface area contributed by atoms with Crippen molar-refractivity contribution in [2.45, 2.75) is 32.4 Å². The van der Waals surface area contributed by atoms with E-state index >= 15 is 0 Å². The third-order valence-electron chi connectivity index (χ3n) is 4.47. The molecule has 0 bridgehead atoms. The highest BCUT2D eigenvalue weighted by atomic mass is 16.7. The van der Waals surface area contributed by atoms with E-state index in [9.17, 15) is 0 Å². The minimum atomic E-state index is 0.334. The lowest BCUT2D eigenvalue weighted by atomic mass is 9.93. The van der Waals surface area contributed by atoms with Crippen LogP contribution in [-0.4, -0.2) is 37.9 Å². The van der Waals surface area contributed by atoms with Gasteiger partial charge in [-0.2, -0.15) is 0 Å². The van der Waals surface area contributed by atoms with Gasteiger partial charge in [-0.15, -0.1) is 0 Å². The van der Waals surface area contributed by atoms with Crippen molar-refractivity contribution in [1.29, 1.82) is 0 Å². The van der Waals surface area contributed by atoms with E-state index in [1.807, 2.05) is 6.07 Å². The largest absolute Gasteiger partial charge is 0.454 e. The summed E-state index contributed by atoms with van der Waals surface area (Å²) in [4.78, 5) is 2.41. The molecule has 1 N–H and O–H groups in total. The van der Waals surface area contributed by atoms with Crippen molar-refractivity contribution in [3.05, 3.63) is 23.8 Å². The zero-order chi connectivity index (χ0) is 14.1. The van der Waals surface area contributed by atoms with Gasteiger partial charge in [0.1, 0.15) is 0 Å². The van der Waals surface area contributed by atoms with Gasteiger partial charge in [0.25, 0.3) is 0 Å². The van der Waals surface area contributed by atoms with Crippen LogP contribution in [0.25, 0.3) is 0 Å². The molecule has 0 spiro atoms. The Kier molecular flexibility index (Phi) is 3.85. The zero-order valence-corrected chi connectivity index (χ0v) is 12.6. The molecule has 0 amide bonds. The van der Waals surface area contributed by atoms with Crippen LogP contribution in [0.3, 0.4) is 0 Å². The van der Waals surface area contributed by atoms with Gasteiger partial charge >= 0.3 is 0 Å². The molecule has 3 unspecified atom stereocenters. The van der Waals surface area contributed by atoms with Crippen LogP contribution >= 0.6 is 0 Å². The fourth-order valence-electron chi connectivity index (χ4n) is 3.20. The van der Waals surface area contributed by atoms with Crippen LogP contribution in [0.1, 0.15) is 31.9 Å². The molecule has 4 heteroatoms. The lowest BCUT2D eigenvalue weighted by molar-refractivity contribution is 0.167. The van der Waals surface area contributed by atoms with Crippen LogP contribution in [0.4, 0.5) is 0 Å². The number of fused-ring (bicyclic) bond motifs is 1. The topological polar surface area (TPSA) is 33.7 Å². The van der Waals surface area contributed by atoms with Crippen molar-refractivity contribution >= 4 is 0 Å². The second kappa shape index (κ2) is 5.62. The minimum absolute atomic E-state index is 0.334. The van der Waals surface area contributed by atoms with Gasteiger partial charge in [-0.1, -0.05) is 13.0 Å². The Balaban J connectivity index is 1.65. The third-order valence-corrected chi connectivity index (χ3v) is 4.47. The maximum absolute atomic E-state index is 5.46. The molecule has 1 saturated heterocycles. The maximum atomic E-state index is 5.46. The summed E-state index contributed by atoms with van der Waals surface area (Å²) >= 11 is 0. The standard InChI is InChI=1S/C16H24N2O2/c1-11-9-18(3)7-6-14(11)17-12(2)13-4-5-15-16(8-13)20-10-19-15/h4-5,8,11-12,14,17H,6-7,9-10H2,1-3H3. The Bertz CT molecular complexity index is 478. The number of rotatable bonds is 3. The highest BCUT2D eigenvalue weighted by Crippen LogP contribution is 2.34. The fraction of sp³-hybridized carbons (Fsp3) is 0.625. The van der Waals surface area contributed by atoms with E-state index in [0.717, 1.165) is 11.5 Å². The molecule has 4 nitrogen and oxygen atoms in total. The van der Waals surface area contributed by atoms with Gasteiger partial charge < -0.3 is 19.7 Å². The van der Waals surface area contributed by atoms with Crippen molar-refractivity contribution in [3.63, 3.8) is 0 Å². The van der Waals surface area contributed by atoms with E-state index in [1.165, 1.54) is 25.1 Å². The van der Waals surface area contributed by atoms with Crippen LogP contribution in [0.2, 0.25) is 0 Å². The Morgan fingerprint density at radius 2 is 2.10 bits per heavy atom. The van der Waals surface area contributed by atoms with Crippen molar-refractivity contribution in [2.24, 2.45) is 5.92 Å². The molecule has 1 aromatic rings. The van der Waals surface area contributed by atoms with Crippen LogP contribution in [0.5, 0.6) is 11.5 Å². The predicted octanol–water partition coefficient (Wildman–Crippen LogP) is 2.41. The Morgan fingerprint density at radius 3 is 2.90 bits per heavy atom. The first-order valence-electron chi connectivity index (χ1n) is 7.47. The van der Waals surface area contributed by atoms with E-state index in [4.69, 9.17) is 9.47 Å². The summed E-state index contributed by atoms with van der Waals surface area (Å²) in [5, 5.41) is 3.77. The molecular formula is C16H24N2O2. The van der Waals surface area contributed by atoms with E-state index in [0.29, 0.717) is 24.8 Å². The minimum Gasteiger partial charge on any atom is -0.454 e. The molecule has 1 aromatic carbocycles. The number of nitrogens with one attached hydrogen (secondary N) is 1. The first-order chi connectivity index (χ1) is 9.63. The molecule has 0 radical (unpaired) electrons. The summed E-state index contributed by atoms with van der Waals surface area (Å²) in [5.74, 6) is 2.41. The molecule has 110 valence electrons. The fourth-order valence-corrected chi connectivity index (χ4v) is 3.20. The van der Waals surface area contributed by atoms with Crippen molar-refractivity contribution < 1.29 is 9.47 Å². The lowest BCUT2D eigenvalue weighted by Crippen LogP contribution is -2.47. The van der Waals surface area contributed by atoms with Crippen LogP contribution in [-0.2, 0) is 0 Å². The number of hydrogen-bond acceptors (Lipinski definition) is 4. The van der Waals surface area contributed by atoms with E-state index in [2.05, 4.69) is 43.2 Å². The summed E-state index contributed by atoms with van der Waals surface area (Å²) < 4.78 is 10.8. The van der Waals surface area contributed by atoms with Gasteiger partial charge in [0.15, 0.2) is 11.5 Å². The molecule has 2 aliphatic rings. The number of benzene rings is 1. The molecule has 0 aromatic heterocycles. The van der Waals surface area contributed by atoms with Crippen LogP contribution in [0, 0.1) is 5.92 Å². The number of hydrogen-bond donors (Lipinski definition) is 1. The second-order valence-electron chi connectivity index (χ2n) is 6.14. The van der Waals surface area contributed by atoms with Gasteiger partial charge in [0.05, 0.1) is 0 Å². The Morgan fingerprint density at radius 1 is 1.30 bits per heavy atom. The van der Waals surface area contributed by atoms with Gasteiger partial charge in [-0.05, 0) is 50.6 Å². The molecule has 0 saturated carbocycles. The number of likely N-dealkylation sites (tertiary alicyclic amines) is 1. The highest BCUT2D eigenvalue weighted by molar-refractivity contribution is 5.45. The summed E-state index contributed by atoms with van der Waals surface area (Å²) in [6.45, 7) is 7.25. The van der Waals surface area contributed by atoms with E-state index < -0.39 is 0 Å². The smallest absolute Gasteiger partial charge is 0.231 e. The van der Waals surface area contributed by atoms with Gasteiger partial charge in [0.2, 0.25) is 6.79 Å². The zero-order valence-electron chi connectivity index (χ0n) is 12.6. The summed E-state index contributed by atoms with van der Waals surface area (Å²) in [5.41, 5.74) is 1.26. The quantitative estimate of drug-likeness (QED) is 0.919. The molecule has 0 aliphatic carbocycles. The predicted molar refractivity (Wildman–Crippen MR) is 79.2 cm³/mol. The summed E-state index contributed by atoms with van der Waals surface area (Å²) in [7, 11) is 2.20. The molecule has 1 fully saturated rings. The van der Waals surface area contributed by atoms with Gasteiger partial charge in [-0.25, -0.2) is 0 Å². The SMILES string of the molecule is CC(NC1CCN(C)CC1C)c1ccc2c(c1)OCO2. The van der Waals surface area contributed by atoms with Crippen LogP contribution in [0.15, 0.2) is 18.2 Å². The second-order valence-corrected chi connectivity index (χ2v) is 6.14. The number of nitrogens with zero attached hydrogens (tertiary/aromatic N) is 1. The average molecular weight is 276 g/mol. The third kappa shape index (κ3) is 2.76. The number of piperidine rings is 1. The normalized spacial score (nSPS) is 27.6. The van der Waals surface area contributed by atoms with E-state index in [-0.39, 0.29) is 0 Å². The van der Waals surface area contributed by atoms with Crippen molar-refractivity contribution in [2.75, 3.05) is 26.9 Å². The Labute approximate surface area is 121 Å². The van der Waals surface area contributed by atoms with Gasteiger partial charge in [0, 0.05) is 18.6 Å². The number of ether oxygens (including phenoxy) is 2.